The molecule has 7 nitrogen and oxygen atoms in total. The molecule has 4 aromatic heterocycles. The summed E-state index contributed by atoms with van der Waals surface area (Å²) in [5, 5.41) is 0. The van der Waals surface area contributed by atoms with Crippen LogP contribution in [0.15, 0.2) is 36.9 Å². The minimum atomic E-state index is 0.713. The number of fused-ring (bicyclic) bond motifs is 2. The summed E-state index contributed by atoms with van der Waals surface area (Å²) in [6, 6.07) is 0. The first-order valence-electron chi connectivity index (χ1n) is 5.02. The van der Waals surface area contributed by atoms with Crippen LogP contribution in [0.5, 0.6) is 0 Å². The van der Waals surface area contributed by atoms with E-state index in [1.165, 1.54) is 24.0 Å². The van der Waals surface area contributed by atoms with Crippen LogP contribution in [0.3, 0.4) is 0 Å². The lowest BCUT2D eigenvalue weighted by Crippen LogP contribution is -1.76. The van der Waals surface area contributed by atoms with E-state index in [4.69, 9.17) is 0 Å². The van der Waals surface area contributed by atoms with Crippen LogP contribution in [0.2, 0.25) is 0 Å². The summed E-state index contributed by atoms with van der Waals surface area (Å²) >= 11 is 1.53. The van der Waals surface area contributed by atoms with Crippen molar-refractivity contribution in [1.82, 2.24) is 34.9 Å². The van der Waals surface area contributed by atoms with E-state index in [0.29, 0.717) is 5.65 Å². The highest BCUT2D eigenvalue weighted by molar-refractivity contribution is 7.16. The zero-order valence-corrected chi connectivity index (χ0v) is 9.87. The first-order valence-corrected chi connectivity index (χ1v) is 5.90. The SMILES string of the molecule is c1ncc2[nH]cnc2n1.c1ncc2ncsc2n1. The maximum atomic E-state index is 4.01. The van der Waals surface area contributed by atoms with Crippen molar-refractivity contribution in [2.75, 3.05) is 0 Å². The van der Waals surface area contributed by atoms with Gasteiger partial charge in [0, 0.05) is 0 Å². The van der Waals surface area contributed by atoms with Crippen LogP contribution in [0.4, 0.5) is 0 Å². The number of H-pyrrole nitrogens is 1. The first kappa shape index (κ1) is 10.7. The maximum absolute atomic E-state index is 4.01. The number of aromatic nitrogens is 7. The average Bonchev–Trinajstić information content (AvgIpc) is 3.08. The van der Waals surface area contributed by atoms with Gasteiger partial charge in [0.05, 0.1) is 24.2 Å². The molecule has 0 unspecified atom stereocenters. The van der Waals surface area contributed by atoms with Crippen molar-refractivity contribution in [3.63, 3.8) is 0 Å². The molecule has 0 saturated heterocycles. The van der Waals surface area contributed by atoms with Crippen LogP contribution in [0.25, 0.3) is 21.5 Å². The van der Waals surface area contributed by atoms with Crippen molar-refractivity contribution in [2.24, 2.45) is 0 Å². The van der Waals surface area contributed by atoms with Gasteiger partial charge in [0.2, 0.25) is 0 Å². The lowest BCUT2D eigenvalue weighted by Gasteiger charge is -1.80. The predicted octanol–water partition coefficient (Wildman–Crippen LogP) is 1.44. The second-order valence-corrected chi connectivity index (χ2v) is 4.06. The van der Waals surface area contributed by atoms with E-state index in [-0.39, 0.29) is 0 Å². The normalized spacial score (nSPS) is 10.2. The molecule has 1 N–H and O–H groups in total. The molecule has 0 aliphatic rings. The molecule has 0 spiro atoms. The second kappa shape index (κ2) is 4.80. The number of hydrogen-bond donors (Lipinski definition) is 1. The van der Waals surface area contributed by atoms with Gasteiger partial charge >= 0.3 is 0 Å². The molecular weight excluding hydrogens is 250 g/mol. The molecule has 4 rings (SSSR count). The highest BCUT2D eigenvalue weighted by atomic mass is 32.1. The average molecular weight is 257 g/mol. The third-order valence-corrected chi connectivity index (χ3v) is 2.86. The molecule has 0 atom stereocenters. The van der Waals surface area contributed by atoms with E-state index in [1.54, 1.807) is 24.2 Å². The highest BCUT2D eigenvalue weighted by Gasteiger charge is 1.92. The van der Waals surface area contributed by atoms with E-state index in [0.717, 1.165) is 15.9 Å². The van der Waals surface area contributed by atoms with Crippen LogP contribution in [-0.4, -0.2) is 34.9 Å². The van der Waals surface area contributed by atoms with Crippen LogP contribution in [0.1, 0.15) is 0 Å². The molecule has 0 aliphatic carbocycles. The molecule has 8 heteroatoms. The predicted molar refractivity (Wildman–Crippen MR) is 66.9 cm³/mol. The van der Waals surface area contributed by atoms with Crippen molar-refractivity contribution in [2.45, 2.75) is 0 Å². The summed E-state index contributed by atoms with van der Waals surface area (Å²) in [4.78, 5) is 27.3. The van der Waals surface area contributed by atoms with Crippen molar-refractivity contribution in [3.05, 3.63) is 36.9 Å². The molecule has 18 heavy (non-hydrogen) atoms. The van der Waals surface area contributed by atoms with Gasteiger partial charge in [-0.1, -0.05) is 0 Å². The van der Waals surface area contributed by atoms with E-state index >= 15 is 0 Å². The van der Waals surface area contributed by atoms with E-state index < -0.39 is 0 Å². The minimum absolute atomic E-state index is 0.713. The van der Waals surface area contributed by atoms with Gasteiger partial charge in [0.25, 0.3) is 0 Å². The third-order valence-electron chi connectivity index (χ3n) is 2.11. The molecule has 0 fully saturated rings. The minimum Gasteiger partial charge on any atom is -0.342 e. The Morgan fingerprint density at radius 3 is 2.72 bits per heavy atom. The number of hydrogen-bond acceptors (Lipinski definition) is 7. The Kier molecular flexibility index (Phi) is 2.84. The fourth-order valence-electron chi connectivity index (χ4n) is 1.31. The summed E-state index contributed by atoms with van der Waals surface area (Å²) in [6.07, 6.45) is 8.00. The molecule has 0 amide bonds. The van der Waals surface area contributed by atoms with Crippen molar-refractivity contribution in [1.29, 1.82) is 0 Å². The zero-order valence-electron chi connectivity index (χ0n) is 9.06. The Labute approximate surface area is 105 Å². The summed E-state index contributed by atoms with van der Waals surface area (Å²) in [5.74, 6) is 0. The maximum Gasteiger partial charge on any atom is 0.180 e. The van der Waals surface area contributed by atoms with Gasteiger partial charge < -0.3 is 4.98 Å². The van der Waals surface area contributed by atoms with E-state index in [1.807, 2.05) is 0 Å². The van der Waals surface area contributed by atoms with Gasteiger partial charge in [-0.15, -0.1) is 11.3 Å². The zero-order chi connectivity index (χ0) is 12.2. The molecule has 4 heterocycles. The molecule has 0 radical (unpaired) electrons. The Balaban J connectivity index is 0.000000111. The molecule has 88 valence electrons. The smallest absolute Gasteiger partial charge is 0.180 e. The van der Waals surface area contributed by atoms with Crippen molar-refractivity contribution < 1.29 is 0 Å². The van der Waals surface area contributed by atoms with Crippen LogP contribution >= 0.6 is 11.3 Å². The number of thiazole rings is 1. The fraction of sp³-hybridized carbons (Fsp3) is 0. The van der Waals surface area contributed by atoms with Crippen LogP contribution in [0, 0.1) is 0 Å². The van der Waals surface area contributed by atoms with Gasteiger partial charge in [0.15, 0.2) is 5.65 Å². The van der Waals surface area contributed by atoms with E-state index in [2.05, 4.69) is 34.9 Å². The number of nitrogens with one attached hydrogen (secondary N) is 1. The molecule has 0 aromatic carbocycles. The first-order chi connectivity index (χ1) is 8.93. The van der Waals surface area contributed by atoms with Crippen LogP contribution < -0.4 is 0 Å². The standard InChI is InChI=1S/C5H4N4.C5H3N3S/c1-4-5(8-2-6-1)9-3-7-4;1-4-5(7-2-6-1)9-3-8-4/h1-3H,(H,6,7,8,9);1-3H. The molecule has 0 saturated carbocycles. The van der Waals surface area contributed by atoms with Crippen molar-refractivity contribution in [3.8, 4) is 0 Å². The summed E-state index contributed by atoms with van der Waals surface area (Å²) < 4.78 is 0. The van der Waals surface area contributed by atoms with Gasteiger partial charge in [-0.05, 0) is 0 Å². The summed E-state index contributed by atoms with van der Waals surface area (Å²) in [7, 11) is 0. The fourth-order valence-corrected chi connectivity index (χ4v) is 1.91. The number of nitrogens with zero attached hydrogens (tertiary/aromatic N) is 6. The molecule has 4 aromatic rings. The Bertz CT molecular complexity index is 636. The quantitative estimate of drug-likeness (QED) is 0.512. The monoisotopic (exact) mass is 257 g/mol. The Hall–Kier alpha value is -2.48. The Morgan fingerprint density at radius 1 is 0.944 bits per heavy atom. The molecular formula is C10H7N7S. The van der Waals surface area contributed by atoms with Crippen molar-refractivity contribution >= 4 is 32.8 Å². The number of aromatic amines is 1. The number of imidazole rings is 1. The second-order valence-electron chi connectivity index (χ2n) is 3.23. The molecule has 0 bridgehead atoms. The summed E-state index contributed by atoms with van der Waals surface area (Å²) in [6.45, 7) is 0. The van der Waals surface area contributed by atoms with E-state index in [9.17, 15) is 0 Å². The van der Waals surface area contributed by atoms with Gasteiger partial charge in [0.1, 0.15) is 28.5 Å². The lowest BCUT2D eigenvalue weighted by molar-refractivity contribution is 1.20. The van der Waals surface area contributed by atoms with Gasteiger partial charge in [-0.3, -0.25) is 0 Å². The van der Waals surface area contributed by atoms with Gasteiger partial charge in [-0.2, -0.15) is 0 Å². The number of rotatable bonds is 0. The highest BCUT2D eigenvalue weighted by Crippen LogP contribution is 2.10. The summed E-state index contributed by atoms with van der Waals surface area (Å²) in [5.41, 5.74) is 4.23. The largest absolute Gasteiger partial charge is 0.342 e. The van der Waals surface area contributed by atoms with Crippen LogP contribution in [-0.2, 0) is 0 Å². The lowest BCUT2D eigenvalue weighted by atomic mass is 10.6. The topological polar surface area (TPSA) is 93.1 Å². The van der Waals surface area contributed by atoms with Gasteiger partial charge in [-0.25, -0.2) is 29.9 Å². The molecule has 0 aliphatic heterocycles. The Morgan fingerprint density at radius 2 is 1.83 bits per heavy atom. The third kappa shape index (κ3) is 2.13.